The van der Waals surface area contributed by atoms with Crippen molar-refractivity contribution in [3.63, 3.8) is 0 Å². The van der Waals surface area contributed by atoms with Gasteiger partial charge < -0.3 is 5.11 Å². The number of hydrogen-bond acceptors (Lipinski definition) is 4. The molecule has 0 radical (unpaired) electrons. The molecule has 1 fully saturated rings. The van der Waals surface area contributed by atoms with Crippen LogP contribution in [0.3, 0.4) is 0 Å². The summed E-state index contributed by atoms with van der Waals surface area (Å²) in [5, 5.41) is 9.82. The van der Waals surface area contributed by atoms with Gasteiger partial charge in [0.1, 0.15) is 9.23 Å². The molecule has 0 saturated carbocycles. The zero-order valence-electron chi connectivity index (χ0n) is 9.69. The second-order valence-corrected chi connectivity index (χ2v) is 8.78. The average Bonchev–Trinajstić information content (AvgIpc) is 2.58. The van der Waals surface area contributed by atoms with Crippen molar-refractivity contribution in [1.29, 1.82) is 0 Å². The van der Waals surface area contributed by atoms with E-state index in [-0.39, 0.29) is 9.23 Å². The number of halogens is 2. The van der Waals surface area contributed by atoms with E-state index in [1.165, 1.54) is 10.4 Å². The van der Waals surface area contributed by atoms with Crippen molar-refractivity contribution < 1.29 is 13.5 Å². The number of thiophene rings is 1. The highest BCUT2D eigenvalue weighted by Crippen LogP contribution is 2.37. The highest BCUT2D eigenvalue weighted by atomic mass is 35.5. The summed E-state index contributed by atoms with van der Waals surface area (Å²) < 4.78 is 26.6. The number of hydrogen-bond donors (Lipinski definition) is 1. The molecule has 1 aliphatic heterocycles. The van der Waals surface area contributed by atoms with Crippen LogP contribution >= 0.6 is 34.5 Å². The zero-order chi connectivity index (χ0) is 13.6. The van der Waals surface area contributed by atoms with Crippen LogP contribution in [0.2, 0.25) is 8.67 Å². The minimum absolute atomic E-state index is 0.0562. The summed E-state index contributed by atoms with van der Waals surface area (Å²) in [4.78, 5) is 0.0562. The normalized spacial score (nSPS) is 21.1. The lowest BCUT2D eigenvalue weighted by Gasteiger charge is -2.34. The quantitative estimate of drug-likeness (QED) is 0.907. The lowest BCUT2D eigenvalue weighted by molar-refractivity contribution is 0.0126. The molecule has 18 heavy (non-hydrogen) atoms. The molecule has 2 heterocycles. The molecule has 8 heteroatoms. The molecule has 0 aromatic carbocycles. The maximum absolute atomic E-state index is 12.3. The van der Waals surface area contributed by atoms with Crippen LogP contribution in [0.5, 0.6) is 0 Å². The lowest BCUT2D eigenvalue weighted by Crippen LogP contribution is -2.44. The van der Waals surface area contributed by atoms with E-state index in [4.69, 9.17) is 23.2 Å². The molecule has 0 atom stereocenters. The SMILES string of the molecule is CC1(O)CCN(S(=O)(=O)c2cc(Cl)sc2Cl)CC1. The lowest BCUT2D eigenvalue weighted by atomic mass is 9.95. The van der Waals surface area contributed by atoms with E-state index in [9.17, 15) is 13.5 Å². The third kappa shape index (κ3) is 2.84. The fraction of sp³-hybridized carbons (Fsp3) is 0.600. The van der Waals surface area contributed by atoms with E-state index < -0.39 is 15.6 Å². The second-order valence-electron chi connectivity index (χ2n) is 4.59. The number of rotatable bonds is 2. The smallest absolute Gasteiger partial charge is 0.245 e. The van der Waals surface area contributed by atoms with Crippen molar-refractivity contribution in [1.82, 2.24) is 4.31 Å². The van der Waals surface area contributed by atoms with Crippen molar-refractivity contribution in [2.24, 2.45) is 0 Å². The molecule has 0 amide bonds. The van der Waals surface area contributed by atoms with Gasteiger partial charge in [-0.05, 0) is 25.8 Å². The molecular formula is C10H13Cl2NO3S2. The van der Waals surface area contributed by atoms with Gasteiger partial charge in [-0.3, -0.25) is 0 Å². The Labute approximate surface area is 120 Å². The molecule has 1 N–H and O–H groups in total. The van der Waals surface area contributed by atoms with Crippen LogP contribution in [0.15, 0.2) is 11.0 Å². The van der Waals surface area contributed by atoms with Gasteiger partial charge in [-0.15, -0.1) is 11.3 Å². The maximum atomic E-state index is 12.3. The van der Waals surface area contributed by atoms with Gasteiger partial charge in [0, 0.05) is 13.1 Å². The monoisotopic (exact) mass is 329 g/mol. The molecule has 0 aliphatic carbocycles. The summed E-state index contributed by atoms with van der Waals surface area (Å²) in [6, 6.07) is 1.37. The molecule has 0 spiro atoms. The number of aliphatic hydroxyl groups is 1. The summed E-state index contributed by atoms with van der Waals surface area (Å²) in [6.07, 6.45) is 0.837. The predicted molar refractivity (Wildman–Crippen MR) is 73.0 cm³/mol. The van der Waals surface area contributed by atoms with E-state index >= 15 is 0 Å². The first-order valence-electron chi connectivity index (χ1n) is 5.40. The highest BCUT2D eigenvalue weighted by molar-refractivity contribution is 7.89. The van der Waals surface area contributed by atoms with Gasteiger partial charge in [0.15, 0.2) is 0 Å². The minimum Gasteiger partial charge on any atom is -0.390 e. The Hall–Kier alpha value is 0.150. The first kappa shape index (κ1) is 14.6. The number of sulfonamides is 1. The fourth-order valence-electron chi connectivity index (χ4n) is 1.85. The summed E-state index contributed by atoms with van der Waals surface area (Å²) >= 11 is 12.7. The van der Waals surface area contributed by atoms with Crippen LogP contribution in [-0.4, -0.2) is 36.5 Å². The molecular weight excluding hydrogens is 317 g/mol. The van der Waals surface area contributed by atoms with E-state index in [1.807, 2.05) is 0 Å². The second kappa shape index (κ2) is 4.92. The van der Waals surface area contributed by atoms with Gasteiger partial charge in [0.25, 0.3) is 0 Å². The molecule has 0 unspecified atom stereocenters. The standard InChI is InChI=1S/C10H13Cl2NO3S2/c1-10(14)2-4-13(5-3-10)18(15,16)7-6-8(11)17-9(7)12/h6,14H,2-5H2,1H3. The van der Waals surface area contributed by atoms with Crippen molar-refractivity contribution in [3.05, 3.63) is 14.7 Å². The van der Waals surface area contributed by atoms with Gasteiger partial charge in [-0.25, -0.2) is 8.42 Å². The Morgan fingerprint density at radius 1 is 1.39 bits per heavy atom. The molecule has 2 rings (SSSR count). The Kier molecular flexibility index (Phi) is 3.98. The molecule has 1 aromatic rings. The van der Waals surface area contributed by atoms with Crippen LogP contribution in [0, 0.1) is 0 Å². The molecule has 102 valence electrons. The zero-order valence-corrected chi connectivity index (χ0v) is 12.8. The Morgan fingerprint density at radius 2 is 1.94 bits per heavy atom. The molecule has 1 saturated heterocycles. The largest absolute Gasteiger partial charge is 0.390 e. The van der Waals surface area contributed by atoms with Crippen molar-refractivity contribution in [3.8, 4) is 0 Å². The van der Waals surface area contributed by atoms with Crippen molar-refractivity contribution in [2.45, 2.75) is 30.3 Å². The van der Waals surface area contributed by atoms with Crippen LogP contribution in [0.1, 0.15) is 19.8 Å². The molecule has 4 nitrogen and oxygen atoms in total. The molecule has 1 aromatic heterocycles. The van der Waals surface area contributed by atoms with Crippen molar-refractivity contribution in [2.75, 3.05) is 13.1 Å². The first-order valence-corrected chi connectivity index (χ1v) is 8.41. The minimum atomic E-state index is -3.61. The number of piperidine rings is 1. The predicted octanol–water partition coefficient (Wildman–Crippen LogP) is 2.59. The first-order chi connectivity index (χ1) is 8.22. The summed E-state index contributed by atoms with van der Waals surface area (Å²) in [6.45, 7) is 2.30. The van der Waals surface area contributed by atoms with Crippen molar-refractivity contribution >= 4 is 44.6 Å². The third-order valence-corrected chi connectivity index (χ3v) is 6.69. The number of nitrogens with zero attached hydrogens (tertiary/aromatic N) is 1. The van der Waals surface area contributed by atoms with Gasteiger partial charge in [-0.2, -0.15) is 4.31 Å². The van der Waals surface area contributed by atoms with E-state index in [0.717, 1.165) is 11.3 Å². The molecule has 1 aliphatic rings. The summed E-state index contributed by atoms with van der Waals surface area (Å²) in [5.74, 6) is 0. The fourth-order valence-corrected chi connectivity index (χ4v) is 5.40. The van der Waals surface area contributed by atoms with Crippen LogP contribution < -0.4 is 0 Å². The Morgan fingerprint density at radius 3 is 2.39 bits per heavy atom. The highest BCUT2D eigenvalue weighted by Gasteiger charge is 2.35. The van der Waals surface area contributed by atoms with Gasteiger partial charge in [-0.1, -0.05) is 23.2 Å². The Balaban J connectivity index is 2.25. The van der Waals surface area contributed by atoms with Crippen LogP contribution in [0.4, 0.5) is 0 Å². The summed E-state index contributed by atoms with van der Waals surface area (Å²) in [7, 11) is -3.61. The third-order valence-electron chi connectivity index (χ3n) is 3.04. The maximum Gasteiger partial charge on any atom is 0.245 e. The van der Waals surface area contributed by atoms with Crippen LogP contribution in [0.25, 0.3) is 0 Å². The van der Waals surface area contributed by atoms with E-state index in [0.29, 0.717) is 30.3 Å². The van der Waals surface area contributed by atoms with Gasteiger partial charge >= 0.3 is 0 Å². The average molecular weight is 330 g/mol. The summed E-state index contributed by atoms with van der Waals surface area (Å²) in [5.41, 5.74) is -0.790. The Bertz CT molecular complexity index is 543. The van der Waals surface area contributed by atoms with Gasteiger partial charge in [0.2, 0.25) is 10.0 Å². The molecule has 0 bridgehead atoms. The van der Waals surface area contributed by atoms with E-state index in [1.54, 1.807) is 6.92 Å². The topological polar surface area (TPSA) is 57.6 Å². The van der Waals surface area contributed by atoms with E-state index in [2.05, 4.69) is 0 Å². The van der Waals surface area contributed by atoms with Gasteiger partial charge in [0.05, 0.1) is 9.94 Å². The van der Waals surface area contributed by atoms with Crippen LogP contribution in [-0.2, 0) is 10.0 Å².